The average Bonchev–Trinajstić information content (AvgIpc) is 2.40. The van der Waals surface area contributed by atoms with Crippen molar-refractivity contribution < 1.29 is 14.6 Å². The molecule has 0 aliphatic heterocycles. The van der Waals surface area contributed by atoms with E-state index in [1.165, 1.54) is 0 Å². The summed E-state index contributed by atoms with van der Waals surface area (Å²) in [5.74, 6) is -0.346. The molecule has 0 bridgehead atoms. The number of carboxylic acid groups (broad SMARTS) is 1. The highest BCUT2D eigenvalue weighted by Gasteiger charge is 2.14. The second-order valence-electron chi connectivity index (χ2n) is 4.65. The van der Waals surface area contributed by atoms with Crippen LogP contribution in [-0.4, -0.2) is 16.1 Å². The van der Waals surface area contributed by atoms with Crippen molar-refractivity contribution in [2.24, 2.45) is 0 Å². The number of para-hydroxylation sites is 1. The van der Waals surface area contributed by atoms with Crippen molar-refractivity contribution in [2.45, 2.75) is 20.3 Å². The van der Waals surface area contributed by atoms with Gasteiger partial charge < -0.3 is 9.84 Å². The van der Waals surface area contributed by atoms with Crippen molar-refractivity contribution in [3.8, 4) is 17.7 Å². The lowest BCUT2D eigenvalue weighted by Gasteiger charge is -2.12. The number of aryl methyl sites for hydroxylation is 2. The number of carbonyl (C=O) groups is 1. The van der Waals surface area contributed by atoms with Gasteiger partial charge in [-0.3, -0.25) is 4.79 Å². The summed E-state index contributed by atoms with van der Waals surface area (Å²) in [6, 6.07) is 10.7. The lowest BCUT2D eigenvalue weighted by molar-refractivity contribution is -0.136. The first-order valence-electron chi connectivity index (χ1n) is 6.37. The number of rotatable bonds is 4. The minimum atomic E-state index is -0.945. The summed E-state index contributed by atoms with van der Waals surface area (Å²) in [7, 11) is 0. The van der Waals surface area contributed by atoms with Gasteiger partial charge in [-0.25, -0.2) is 4.98 Å². The van der Waals surface area contributed by atoms with Gasteiger partial charge in [0, 0.05) is 11.3 Å². The van der Waals surface area contributed by atoms with Crippen molar-refractivity contribution in [2.75, 3.05) is 0 Å². The molecule has 0 aliphatic carbocycles. The number of ether oxygens (including phenoxy) is 1. The van der Waals surface area contributed by atoms with Crippen LogP contribution in [0.3, 0.4) is 0 Å². The van der Waals surface area contributed by atoms with Gasteiger partial charge in [0.1, 0.15) is 17.4 Å². The van der Waals surface area contributed by atoms with Crippen molar-refractivity contribution in [3.63, 3.8) is 0 Å². The second-order valence-corrected chi connectivity index (χ2v) is 4.65. The number of carboxylic acids is 1. The summed E-state index contributed by atoms with van der Waals surface area (Å²) >= 11 is 0. The fourth-order valence-electron chi connectivity index (χ4n) is 2.03. The van der Waals surface area contributed by atoms with Crippen molar-refractivity contribution in [1.82, 2.24) is 4.98 Å². The van der Waals surface area contributed by atoms with Crippen LogP contribution in [0.25, 0.3) is 0 Å². The van der Waals surface area contributed by atoms with Crippen molar-refractivity contribution >= 4 is 5.97 Å². The summed E-state index contributed by atoms with van der Waals surface area (Å²) in [5.41, 5.74) is 2.40. The Morgan fingerprint density at radius 2 is 2.10 bits per heavy atom. The van der Waals surface area contributed by atoms with Gasteiger partial charge in [-0.05, 0) is 31.5 Å². The largest absolute Gasteiger partial charge is 0.481 e. The third kappa shape index (κ3) is 3.37. The predicted octanol–water partition coefficient (Wildman–Crippen LogP) is 2.99. The third-order valence-electron chi connectivity index (χ3n) is 2.94. The maximum atomic E-state index is 10.9. The van der Waals surface area contributed by atoms with E-state index in [0.717, 1.165) is 11.3 Å². The summed E-state index contributed by atoms with van der Waals surface area (Å²) < 4.78 is 5.70. The lowest BCUT2D eigenvalue weighted by atomic mass is 10.1. The number of nitrogens with zero attached hydrogens (tertiary/aromatic N) is 2. The van der Waals surface area contributed by atoms with Crippen LogP contribution >= 0.6 is 0 Å². The number of hydrogen-bond donors (Lipinski definition) is 1. The number of hydrogen-bond acceptors (Lipinski definition) is 4. The second kappa shape index (κ2) is 6.06. The van der Waals surface area contributed by atoms with Crippen LogP contribution in [0.15, 0.2) is 30.3 Å². The normalized spacial score (nSPS) is 9.95. The molecule has 21 heavy (non-hydrogen) atoms. The number of aliphatic carboxylic acids is 1. The number of nitriles is 1. The fraction of sp³-hybridized carbons (Fsp3) is 0.188. The molecule has 0 fully saturated rings. The average molecular weight is 282 g/mol. The molecule has 0 radical (unpaired) electrons. The molecule has 0 saturated heterocycles. The smallest absolute Gasteiger partial charge is 0.307 e. The molecule has 1 aromatic carbocycles. The molecule has 0 aliphatic rings. The van der Waals surface area contributed by atoms with Gasteiger partial charge in [-0.15, -0.1) is 0 Å². The molecule has 0 unspecified atom stereocenters. The Kier molecular flexibility index (Phi) is 4.19. The maximum Gasteiger partial charge on any atom is 0.307 e. The van der Waals surface area contributed by atoms with Gasteiger partial charge >= 0.3 is 5.97 Å². The van der Waals surface area contributed by atoms with Crippen LogP contribution in [0.5, 0.6) is 11.6 Å². The minimum Gasteiger partial charge on any atom is -0.481 e. The van der Waals surface area contributed by atoms with Crippen molar-refractivity contribution in [1.29, 1.82) is 5.26 Å². The summed E-state index contributed by atoms with van der Waals surface area (Å²) in [5, 5.41) is 18.1. The van der Waals surface area contributed by atoms with E-state index >= 15 is 0 Å². The van der Waals surface area contributed by atoms with Crippen LogP contribution in [0, 0.1) is 25.2 Å². The first-order valence-corrected chi connectivity index (χ1v) is 6.37. The molecule has 0 saturated carbocycles. The van der Waals surface area contributed by atoms with E-state index in [-0.39, 0.29) is 12.3 Å². The highest BCUT2D eigenvalue weighted by molar-refractivity contribution is 5.71. The molecule has 106 valence electrons. The van der Waals surface area contributed by atoms with Crippen LogP contribution in [0.1, 0.15) is 22.4 Å². The first-order chi connectivity index (χ1) is 10.0. The van der Waals surface area contributed by atoms with Gasteiger partial charge in [0.25, 0.3) is 0 Å². The standard InChI is InChI=1S/C16H14N2O3/c1-10-7-11(2)18-16(13(10)9-17)21-14-6-4-3-5-12(14)8-15(19)20/h3-7H,8H2,1-2H3,(H,19,20). The molecule has 0 spiro atoms. The summed E-state index contributed by atoms with van der Waals surface area (Å²) in [4.78, 5) is 15.1. The molecule has 1 N–H and O–H groups in total. The molecule has 2 rings (SSSR count). The molecule has 5 nitrogen and oxygen atoms in total. The molecule has 0 amide bonds. The van der Waals surface area contributed by atoms with Crippen LogP contribution in [-0.2, 0) is 11.2 Å². The highest BCUT2D eigenvalue weighted by Crippen LogP contribution is 2.28. The van der Waals surface area contributed by atoms with Gasteiger partial charge in [0.2, 0.25) is 5.88 Å². The molecule has 2 aromatic rings. The van der Waals surface area contributed by atoms with Gasteiger partial charge in [0.05, 0.1) is 6.42 Å². The predicted molar refractivity (Wildman–Crippen MR) is 76.3 cm³/mol. The van der Waals surface area contributed by atoms with Crippen LogP contribution in [0.2, 0.25) is 0 Å². The summed E-state index contributed by atoms with van der Waals surface area (Å²) in [6.07, 6.45) is -0.150. The SMILES string of the molecule is Cc1cc(C)c(C#N)c(Oc2ccccc2CC(=O)O)n1. The van der Waals surface area contributed by atoms with E-state index in [4.69, 9.17) is 9.84 Å². The Morgan fingerprint density at radius 1 is 1.38 bits per heavy atom. The zero-order chi connectivity index (χ0) is 15.4. The molecule has 1 heterocycles. The molecule has 1 aromatic heterocycles. The Balaban J connectivity index is 2.44. The van der Waals surface area contributed by atoms with Gasteiger partial charge in [0.15, 0.2) is 0 Å². The molecular weight excluding hydrogens is 268 g/mol. The fourth-order valence-corrected chi connectivity index (χ4v) is 2.03. The Labute approximate surface area is 122 Å². The zero-order valence-corrected chi connectivity index (χ0v) is 11.8. The Hall–Kier alpha value is -2.87. The van der Waals surface area contributed by atoms with E-state index in [0.29, 0.717) is 16.9 Å². The van der Waals surface area contributed by atoms with E-state index in [9.17, 15) is 10.1 Å². The van der Waals surface area contributed by atoms with Crippen LogP contribution < -0.4 is 4.74 Å². The van der Waals surface area contributed by atoms with Crippen molar-refractivity contribution in [3.05, 3.63) is 52.7 Å². The quantitative estimate of drug-likeness (QED) is 0.932. The van der Waals surface area contributed by atoms with E-state index in [2.05, 4.69) is 11.1 Å². The number of benzene rings is 1. The van der Waals surface area contributed by atoms with E-state index < -0.39 is 5.97 Å². The topological polar surface area (TPSA) is 83.2 Å². The van der Waals surface area contributed by atoms with E-state index in [1.807, 2.05) is 13.8 Å². The third-order valence-corrected chi connectivity index (χ3v) is 2.94. The lowest BCUT2D eigenvalue weighted by Crippen LogP contribution is -2.03. The van der Waals surface area contributed by atoms with E-state index in [1.54, 1.807) is 30.3 Å². The van der Waals surface area contributed by atoms with Gasteiger partial charge in [-0.1, -0.05) is 18.2 Å². The number of pyridine rings is 1. The first kappa shape index (κ1) is 14.5. The Morgan fingerprint density at radius 3 is 2.76 bits per heavy atom. The highest BCUT2D eigenvalue weighted by atomic mass is 16.5. The minimum absolute atomic E-state index is 0.150. The van der Waals surface area contributed by atoms with Crippen LogP contribution in [0.4, 0.5) is 0 Å². The molecule has 0 atom stereocenters. The monoisotopic (exact) mass is 282 g/mol. The van der Waals surface area contributed by atoms with Gasteiger partial charge in [-0.2, -0.15) is 5.26 Å². The molecule has 5 heteroatoms. The number of aromatic nitrogens is 1. The maximum absolute atomic E-state index is 10.9. The molecular formula is C16H14N2O3. The Bertz CT molecular complexity index is 733. The summed E-state index contributed by atoms with van der Waals surface area (Å²) in [6.45, 7) is 3.62. The zero-order valence-electron chi connectivity index (χ0n) is 11.8.